The van der Waals surface area contributed by atoms with E-state index >= 15 is 0 Å². The molecule has 7 heteroatoms. The topological polar surface area (TPSA) is 40.6 Å². The molecule has 0 aromatic heterocycles. The van der Waals surface area contributed by atoms with Gasteiger partial charge in [-0.05, 0) is 18.1 Å². The van der Waals surface area contributed by atoms with Gasteiger partial charge in [-0.3, -0.25) is 0 Å². The van der Waals surface area contributed by atoms with Gasteiger partial charge in [0.05, 0.1) is 11.4 Å². The molecule has 0 saturated carbocycles. The van der Waals surface area contributed by atoms with Crippen LogP contribution < -0.4 is 4.90 Å². The molecule has 0 aliphatic carbocycles. The van der Waals surface area contributed by atoms with Crippen molar-refractivity contribution in [2.24, 2.45) is 5.92 Å². The van der Waals surface area contributed by atoms with Crippen LogP contribution in [0.15, 0.2) is 24.3 Å². The van der Waals surface area contributed by atoms with Crippen LogP contribution in [0.3, 0.4) is 0 Å². The Labute approximate surface area is 130 Å². The van der Waals surface area contributed by atoms with Gasteiger partial charge in [-0.2, -0.15) is 4.31 Å². The zero-order valence-corrected chi connectivity index (χ0v) is 13.6. The monoisotopic (exact) mass is 334 g/mol. The van der Waals surface area contributed by atoms with E-state index in [0.717, 1.165) is 0 Å². The summed E-state index contributed by atoms with van der Waals surface area (Å²) >= 11 is 5.68. The van der Waals surface area contributed by atoms with Crippen LogP contribution in [0, 0.1) is 11.7 Å². The molecule has 1 saturated heterocycles. The van der Waals surface area contributed by atoms with Gasteiger partial charge in [0.1, 0.15) is 5.82 Å². The Morgan fingerprint density at radius 3 is 2.43 bits per heavy atom. The maximum Gasteiger partial charge on any atom is 0.214 e. The Hall–Kier alpha value is -0.850. The van der Waals surface area contributed by atoms with Gasteiger partial charge in [-0.25, -0.2) is 12.8 Å². The summed E-state index contributed by atoms with van der Waals surface area (Å²) in [7, 11) is -3.28. The molecule has 1 aromatic carbocycles. The fraction of sp³-hybridized carbons (Fsp3) is 0.571. The number of para-hydroxylation sites is 1. The van der Waals surface area contributed by atoms with Crippen molar-refractivity contribution in [2.45, 2.75) is 6.92 Å². The lowest BCUT2D eigenvalue weighted by atomic mass is 10.2. The van der Waals surface area contributed by atoms with E-state index in [1.807, 2.05) is 11.8 Å². The number of nitrogens with zero attached hydrogens (tertiary/aromatic N) is 2. The first-order chi connectivity index (χ1) is 9.94. The number of alkyl halides is 1. The van der Waals surface area contributed by atoms with Crippen LogP contribution >= 0.6 is 11.6 Å². The molecule has 21 heavy (non-hydrogen) atoms. The number of piperazine rings is 1. The summed E-state index contributed by atoms with van der Waals surface area (Å²) in [5.74, 6) is 0.0517. The van der Waals surface area contributed by atoms with Crippen molar-refractivity contribution in [1.29, 1.82) is 0 Å². The van der Waals surface area contributed by atoms with E-state index in [2.05, 4.69) is 0 Å². The third-order valence-corrected chi connectivity index (χ3v) is 6.25. The van der Waals surface area contributed by atoms with Crippen molar-refractivity contribution in [2.75, 3.05) is 42.7 Å². The number of benzene rings is 1. The zero-order valence-electron chi connectivity index (χ0n) is 12.0. The lowest BCUT2D eigenvalue weighted by Gasteiger charge is -2.35. The molecule has 4 nitrogen and oxygen atoms in total. The first-order valence-electron chi connectivity index (χ1n) is 6.97. The second-order valence-corrected chi connectivity index (χ2v) is 7.70. The van der Waals surface area contributed by atoms with Crippen LogP contribution in [-0.4, -0.2) is 50.5 Å². The Kier molecular flexibility index (Phi) is 5.46. The molecule has 0 N–H and O–H groups in total. The van der Waals surface area contributed by atoms with E-state index in [9.17, 15) is 12.8 Å². The van der Waals surface area contributed by atoms with Crippen LogP contribution in [-0.2, 0) is 10.0 Å². The summed E-state index contributed by atoms with van der Waals surface area (Å²) in [5, 5.41) is 0. The van der Waals surface area contributed by atoms with Gasteiger partial charge < -0.3 is 4.90 Å². The largest absolute Gasteiger partial charge is 0.367 e. The third-order valence-electron chi connectivity index (χ3n) is 3.58. The fourth-order valence-corrected chi connectivity index (χ4v) is 4.43. The molecule has 1 fully saturated rings. The highest BCUT2D eigenvalue weighted by Gasteiger charge is 2.28. The predicted octanol–water partition coefficient (Wildman–Crippen LogP) is 2.15. The maximum absolute atomic E-state index is 13.7. The zero-order chi connectivity index (χ0) is 15.5. The second kappa shape index (κ2) is 6.94. The maximum atomic E-state index is 13.7. The molecule has 0 amide bonds. The Morgan fingerprint density at radius 2 is 1.86 bits per heavy atom. The normalized spacial score (nSPS) is 18.7. The highest BCUT2D eigenvalue weighted by molar-refractivity contribution is 7.89. The second-order valence-electron chi connectivity index (χ2n) is 5.38. The van der Waals surface area contributed by atoms with Crippen LogP contribution in [0.25, 0.3) is 0 Å². The summed E-state index contributed by atoms with van der Waals surface area (Å²) in [6.45, 7) is 3.57. The standard InChI is InChI=1S/C14H20ClFN2O2S/c1-12(10-15)11-21(19,20)18-8-6-17(7-9-18)14-5-3-2-4-13(14)16/h2-5,12H,6-11H2,1H3. The van der Waals surface area contributed by atoms with Crippen molar-refractivity contribution in [1.82, 2.24) is 4.31 Å². The van der Waals surface area contributed by atoms with Crippen molar-refractivity contribution in [3.8, 4) is 0 Å². The predicted molar refractivity (Wildman–Crippen MR) is 83.9 cm³/mol. The first kappa shape index (κ1) is 16.5. The molecule has 1 unspecified atom stereocenters. The average molecular weight is 335 g/mol. The Bertz CT molecular complexity index is 574. The molecule has 0 radical (unpaired) electrons. The number of rotatable bonds is 5. The summed E-state index contributed by atoms with van der Waals surface area (Å²) in [5.41, 5.74) is 0.531. The highest BCUT2D eigenvalue weighted by atomic mass is 35.5. The molecular formula is C14H20ClFN2O2S. The molecule has 118 valence electrons. The van der Waals surface area contributed by atoms with Gasteiger partial charge in [0.2, 0.25) is 10.0 Å². The molecule has 1 aliphatic heterocycles. The molecule has 0 bridgehead atoms. The lowest BCUT2D eigenvalue weighted by molar-refractivity contribution is 0.380. The fourth-order valence-electron chi connectivity index (χ4n) is 2.42. The van der Waals surface area contributed by atoms with E-state index < -0.39 is 10.0 Å². The number of halogens is 2. The van der Waals surface area contributed by atoms with Crippen LogP contribution in [0.5, 0.6) is 0 Å². The van der Waals surface area contributed by atoms with Gasteiger partial charge in [0, 0.05) is 32.1 Å². The van der Waals surface area contributed by atoms with Gasteiger partial charge in [0.25, 0.3) is 0 Å². The van der Waals surface area contributed by atoms with Gasteiger partial charge in [-0.1, -0.05) is 19.1 Å². The minimum atomic E-state index is -3.28. The minimum absolute atomic E-state index is 0.0657. The smallest absolute Gasteiger partial charge is 0.214 e. The average Bonchev–Trinajstić information content (AvgIpc) is 2.47. The number of anilines is 1. The van der Waals surface area contributed by atoms with Crippen LogP contribution in [0.1, 0.15) is 6.92 Å². The van der Waals surface area contributed by atoms with E-state index in [0.29, 0.717) is 37.7 Å². The number of hydrogen-bond donors (Lipinski definition) is 0. The van der Waals surface area contributed by atoms with Crippen LogP contribution in [0.2, 0.25) is 0 Å². The molecule has 1 heterocycles. The molecular weight excluding hydrogens is 315 g/mol. The van der Waals surface area contributed by atoms with Crippen molar-refractivity contribution < 1.29 is 12.8 Å². The summed E-state index contributed by atoms with van der Waals surface area (Å²) in [4.78, 5) is 1.88. The van der Waals surface area contributed by atoms with Crippen LogP contribution in [0.4, 0.5) is 10.1 Å². The van der Waals surface area contributed by atoms with E-state index in [-0.39, 0.29) is 17.5 Å². The quantitative estimate of drug-likeness (QED) is 0.775. The minimum Gasteiger partial charge on any atom is -0.367 e. The highest BCUT2D eigenvalue weighted by Crippen LogP contribution is 2.21. The summed E-state index contributed by atoms with van der Waals surface area (Å²) in [6.07, 6.45) is 0. The van der Waals surface area contributed by atoms with Crippen molar-refractivity contribution in [3.63, 3.8) is 0 Å². The third kappa shape index (κ3) is 4.08. The summed E-state index contributed by atoms with van der Waals surface area (Å²) < 4.78 is 39.7. The molecule has 1 aliphatic rings. The molecule has 1 aromatic rings. The van der Waals surface area contributed by atoms with E-state index in [4.69, 9.17) is 11.6 Å². The SMILES string of the molecule is CC(CCl)CS(=O)(=O)N1CCN(c2ccccc2F)CC1. The Morgan fingerprint density at radius 1 is 1.24 bits per heavy atom. The van der Waals surface area contributed by atoms with Gasteiger partial charge in [0.15, 0.2) is 0 Å². The first-order valence-corrected chi connectivity index (χ1v) is 9.11. The number of sulfonamides is 1. The summed E-state index contributed by atoms with van der Waals surface area (Å²) in [6, 6.07) is 6.56. The van der Waals surface area contributed by atoms with Gasteiger partial charge in [-0.15, -0.1) is 11.6 Å². The van der Waals surface area contributed by atoms with Crippen molar-refractivity contribution in [3.05, 3.63) is 30.1 Å². The van der Waals surface area contributed by atoms with Crippen molar-refractivity contribution >= 4 is 27.3 Å². The van der Waals surface area contributed by atoms with E-state index in [1.54, 1.807) is 18.2 Å². The number of hydrogen-bond acceptors (Lipinski definition) is 3. The lowest BCUT2D eigenvalue weighted by Crippen LogP contribution is -2.50. The molecule has 2 rings (SSSR count). The van der Waals surface area contributed by atoms with E-state index in [1.165, 1.54) is 10.4 Å². The molecule has 1 atom stereocenters. The van der Waals surface area contributed by atoms with Gasteiger partial charge >= 0.3 is 0 Å². The Balaban J connectivity index is 1.99. The molecule has 0 spiro atoms.